The second-order valence-electron chi connectivity index (χ2n) is 6.79. The van der Waals surface area contributed by atoms with Gasteiger partial charge in [-0.1, -0.05) is 12.8 Å². The molecule has 0 spiro atoms. The van der Waals surface area contributed by atoms with Gasteiger partial charge in [-0.15, -0.1) is 0 Å². The summed E-state index contributed by atoms with van der Waals surface area (Å²) in [4.78, 5) is 17.4. The van der Waals surface area contributed by atoms with E-state index < -0.39 is 0 Å². The van der Waals surface area contributed by atoms with Crippen molar-refractivity contribution < 1.29 is 4.79 Å². The van der Waals surface area contributed by atoms with Crippen molar-refractivity contribution in [2.24, 2.45) is 5.92 Å². The number of rotatable bonds is 2. The molecule has 3 aliphatic rings. The largest absolute Gasteiger partial charge is 0.340 e. The zero-order valence-corrected chi connectivity index (χ0v) is 12.8. The summed E-state index contributed by atoms with van der Waals surface area (Å²) < 4.78 is 0. The van der Waals surface area contributed by atoms with Crippen LogP contribution in [0.25, 0.3) is 0 Å². The fourth-order valence-electron chi connectivity index (χ4n) is 4.19. The molecule has 0 radical (unpaired) electrons. The second kappa shape index (κ2) is 6.44. The van der Waals surface area contributed by atoms with Crippen LogP contribution in [0, 0.1) is 5.92 Å². The molecule has 3 rings (SSSR count). The lowest BCUT2D eigenvalue weighted by molar-refractivity contribution is -0.139. The van der Waals surface area contributed by atoms with Crippen molar-refractivity contribution in [1.29, 1.82) is 0 Å². The van der Waals surface area contributed by atoms with Crippen LogP contribution >= 0.6 is 0 Å². The number of hydrogen-bond donors (Lipinski definition) is 1. The molecule has 2 heterocycles. The molecule has 0 aromatic rings. The summed E-state index contributed by atoms with van der Waals surface area (Å²) in [5.41, 5.74) is 0. The highest BCUT2D eigenvalue weighted by molar-refractivity contribution is 5.79. The normalized spacial score (nSPS) is 33.5. The topological polar surface area (TPSA) is 35.6 Å². The fraction of sp³-hybridized carbons (Fsp3) is 0.938. The van der Waals surface area contributed by atoms with Crippen molar-refractivity contribution >= 4 is 5.91 Å². The molecular formula is C16H29N3O. The first-order valence-corrected chi connectivity index (χ1v) is 8.52. The lowest BCUT2D eigenvalue weighted by Crippen LogP contribution is -2.55. The molecule has 2 atom stereocenters. The third-order valence-electron chi connectivity index (χ3n) is 5.55. The Morgan fingerprint density at radius 3 is 2.35 bits per heavy atom. The lowest BCUT2D eigenvalue weighted by atomic mass is 9.90. The van der Waals surface area contributed by atoms with E-state index in [0.717, 1.165) is 51.6 Å². The molecule has 0 bridgehead atoms. The van der Waals surface area contributed by atoms with Crippen molar-refractivity contribution in [3.8, 4) is 0 Å². The van der Waals surface area contributed by atoms with Crippen molar-refractivity contribution in [2.75, 3.05) is 32.7 Å². The van der Waals surface area contributed by atoms with Crippen LogP contribution in [-0.4, -0.2) is 60.5 Å². The van der Waals surface area contributed by atoms with E-state index in [-0.39, 0.29) is 5.92 Å². The quantitative estimate of drug-likeness (QED) is 0.831. The van der Waals surface area contributed by atoms with Gasteiger partial charge in [0.15, 0.2) is 0 Å². The maximum atomic E-state index is 12.7. The second-order valence-corrected chi connectivity index (χ2v) is 6.79. The van der Waals surface area contributed by atoms with E-state index in [2.05, 4.69) is 22.0 Å². The molecule has 4 heteroatoms. The summed E-state index contributed by atoms with van der Waals surface area (Å²) in [5.74, 6) is 0.609. The Balaban J connectivity index is 1.50. The molecule has 1 N–H and O–H groups in total. The van der Waals surface area contributed by atoms with Gasteiger partial charge in [-0.3, -0.25) is 9.69 Å². The molecule has 0 aromatic heterocycles. The third kappa shape index (κ3) is 3.01. The summed E-state index contributed by atoms with van der Waals surface area (Å²) >= 11 is 0. The zero-order valence-electron chi connectivity index (χ0n) is 12.8. The van der Waals surface area contributed by atoms with Gasteiger partial charge in [-0.2, -0.15) is 0 Å². The molecule has 1 aliphatic carbocycles. The van der Waals surface area contributed by atoms with Crippen molar-refractivity contribution in [2.45, 2.75) is 57.5 Å². The standard InChI is InChI=1S/C16H29N3O/c1-13-15(7-4-8-17-13)16(20)19-11-9-18(10-12-19)14-5-2-3-6-14/h13-15,17H,2-12H2,1H3. The molecular weight excluding hydrogens is 250 g/mol. The first kappa shape index (κ1) is 14.3. The molecule has 4 nitrogen and oxygen atoms in total. The molecule has 0 aromatic carbocycles. The number of piperazine rings is 1. The first-order valence-electron chi connectivity index (χ1n) is 8.52. The van der Waals surface area contributed by atoms with Gasteiger partial charge in [0.05, 0.1) is 5.92 Å². The summed E-state index contributed by atoms with van der Waals surface area (Å²) in [7, 11) is 0. The Morgan fingerprint density at radius 1 is 1.00 bits per heavy atom. The number of carbonyl (C=O) groups is 1. The Morgan fingerprint density at radius 2 is 1.70 bits per heavy atom. The van der Waals surface area contributed by atoms with E-state index in [1.807, 2.05) is 0 Å². The predicted octanol–water partition coefficient (Wildman–Crippen LogP) is 1.46. The van der Waals surface area contributed by atoms with E-state index in [9.17, 15) is 4.79 Å². The fourth-order valence-corrected chi connectivity index (χ4v) is 4.19. The average molecular weight is 279 g/mol. The Labute approximate surface area is 122 Å². The minimum absolute atomic E-state index is 0.210. The highest BCUT2D eigenvalue weighted by Gasteiger charge is 2.33. The van der Waals surface area contributed by atoms with Crippen molar-refractivity contribution in [3.05, 3.63) is 0 Å². The highest BCUT2D eigenvalue weighted by atomic mass is 16.2. The zero-order chi connectivity index (χ0) is 13.9. The van der Waals surface area contributed by atoms with Gasteiger partial charge in [-0.05, 0) is 39.2 Å². The number of nitrogens with zero attached hydrogens (tertiary/aromatic N) is 2. The summed E-state index contributed by atoms with van der Waals surface area (Å²) in [6.07, 6.45) is 7.75. The van der Waals surface area contributed by atoms with Gasteiger partial charge in [0.1, 0.15) is 0 Å². The van der Waals surface area contributed by atoms with E-state index >= 15 is 0 Å². The maximum Gasteiger partial charge on any atom is 0.227 e. The van der Waals surface area contributed by atoms with Gasteiger partial charge in [-0.25, -0.2) is 0 Å². The molecule has 2 aliphatic heterocycles. The van der Waals surface area contributed by atoms with Crippen molar-refractivity contribution in [1.82, 2.24) is 15.1 Å². The van der Waals surface area contributed by atoms with Gasteiger partial charge in [0.2, 0.25) is 5.91 Å². The first-order chi connectivity index (χ1) is 9.75. The van der Waals surface area contributed by atoms with Crippen molar-refractivity contribution in [3.63, 3.8) is 0 Å². The Bertz CT molecular complexity index is 333. The van der Waals surface area contributed by atoms with Crippen LogP contribution in [0.4, 0.5) is 0 Å². The van der Waals surface area contributed by atoms with Crippen LogP contribution in [0.15, 0.2) is 0 Å². The molecule has 3 fully saturated rings. The Hall–Kier alpha value is -0.610. The average Bonchev–Trinajstić information content (AvgIpc) is 3.01. The van der Waals surface area contributed by atoms with Crippen LogP contribution in [0.1, 0.15) is 45.4 Å². The number of amides is 1. The summed E-state index contributed by atoms with van der Waals surface area (Å²) in [6.45, 7) is 7.30. The molecule has 2 saturated heterocycles. The smallest absolute Gasteiger partial charge is 0.227 e. The molecule has 20 heavy (non-hydrogen) atoms. The van der Waals surface area contributed by atoms with Crippen LogP contribution in [0.2, 0.25) is 0 Å². The van der Waals surface area contributed by atoms with Gasteiger partial charge >= 0.3 is 0 Å². The van der Waals surface area contributed by atoms with E-state index in [1.54, 1.807) is 0 Å². The maximum absolute atomic E-state index is 12.7. The highest BCUT2D eigenvalue weighted by Crippen LogP contribution is 2.25. The van der Waals surface area contributed by atoms with Gasteiger partial charge in [0.25, 0.3) is 0 Å². The molecule has 114 valence electrons. The van der Waals surface area contributed by atoms with Gasteiger partial charge < -0.3 is 10.2 Å². The van der Waals surface area contributed by atoms with E-state index in [4.69, 9.17) is 0 Å². The van der Waals surface area contributed by atoms with Crippen LogP contribution in [-0.2, 0) is 4.79 Å². The minimum atomic E-state index is 0.210. The Kier molecular flexibility index (Phi) is 4.61. The van der Waals surface area contributed by atoms with Crippen LogP contribution in [0.5, 0.6) is 0 Å². The molecule has 1 amide bonds. The van der Waals surface area contributed by atoms with Crippen LogP contribution < -0.4 is 5.32 Å². The molecule has 1 saturated carbocycles. The molecule has 2 unspecified atom stereocenters. The van der Waals surface area contributed by atoms with Gasteiger partial charge in [0, 0.05) is 38.3 Å². The number of piperidine rings is 1. The number of hydrogen-bond acceptors (Lipinski definition) is 3. The number of carbonyl (C=O) groups excluding carboxylic acids is 1. The predicted molar refractivity (Wildman–Crippen MR) is 80.6 cm³/mol. The third-order valence-corrected chi connectivity index (χ3v) is 5.55. The summed E-state index contributed by atoms with van der Waals surface area (Å²) in [6, 6.07) is 1.16. The van der Waals surface area contributed by atoms with Crippen LogP contribution in [0.3, 0.4) is 0 Å². The van der Waals surface area contributed by atoms with E-state index in [0.29, 0.717) is 11.9 Å². The lowest BCUT2D eigenvalue weighted by Gasteiger charge is -2.40. The SMILES string of the molecule is CC1NCCCC1C(=O)N1CCN(C2CCCC2)CC1. The summed E-state index contributed by atoms with van der Waals surface area (Å²) in [5, 5.41) is 3.45. The monoisotopic (exact) mass is 279 g/mol. The number of nitrogens with one attached hydrogen (secondary N) is 1. The minimum Gasteiger partial charge on any atom is -0.340 e. The van der Waals surface area contributed by atoms with E-state index in [1.165, 1.54) is 25.7 Å².